The van der Waals surface area contributed by atoms with Crippen molar-refractivity contribution in [1.82, 2.24) is 25.5 Å². The number of carbonyl (C=O) groups is 1. The van der Waals surface area contributed by atoms with Crippen LogP contribution in [0.4, 0.5) is 0 Å². The van der Waals surface area contributed by atoms with Crippen LogP contribution in [0.1, 0.15) is 39.2 Å². The summed E-state index contributed by atoms with van der Waals surface area (Å²) in [7, 11) is 1.77. The largest absolute Gasteiger partial charge is 0.465 e. The molecule has 20 heavy (non-hydrogen) atoms. The Morgan fingerprint density at radius 2 is 2.35 bits per heavy atom. The lowest BCUT2D eigenvalue weighted by Crippen LogP contribution is -2.49. The standard InChI is InChI=1S/C12H21N5O2S/c1-4-19-10(18)12(2,13-3)7-8-20-11-14-15-16-17(11)9-5-6-9/h9,13H,4-8H2,1-3H3. The van der Waals surface area contributed by atoms with Crippen LogP contribution in [-0.4, -0.2) is 51.1 Å². The van der Waals surface area contributed by atoms with Crippen molar-refractivity contribution in [2.45, 2.75) is 49.8 Å². The first-order valence-electron chi connectivity index (χ1n) is 6.87. The van der Waals surface area contributed by atoms with E-state index in [0.29, 0.717) is 19.1 Å². The molecule has 0 radical (unpaired) electrons. The summed E-state index contributed by atoms with van der Waals surface area (Å²) in [6.45, 7) is 4.06. The third-order valence-corrected chi connectivity index (χ3v) is 4.40. The number of ether oxygens (including phenoxy) is 1. The number of tetrazole rings is 1. The van der Waals surface area contributed by atoms with Crippen molar-refractivity contribution in [2.24, 2.45) is 0 Å². The van der Waals surface area contributed by atoms with Crippen molar-refractivity contribution in [3.8, 4) is 0 Å². The molecule has 7 nitrogen and oxygen atoms in total. The van der Waals surface area contributed by atoms with Crippen LogP contribution in [0, 0.1) is 0 Å². The second kappa shape index (κ2) is 6.53. The lowest BCUT2D eigenvalue weighted by Gasteiger charge is -2.26. The summed E-state index contributed by atoms with van der Waals surface area (Å²) in [5, 5.41) is 15.6. The molecule has 1 atom stereocenters. The van der Waals surface area contributed by atoms with Crippen molar-refractivity contribution in [3.05, 3.63) is 0 Å². The number of hydrogen-bond donors (Lipinski definition) is 1. The summed E-state index contributed by atoms with van der Waals surface area (Å²) in [4.78, 5) is 11.9. The number of aromatic nitrogens is 4. The Labute approximate surface area is 122 Å². The fraction of sp³-hybridized carbons (Fsp3) is 0.833. The Morgan fingerprint density at radius 1 is 1.60 bits per heavy atom. The van der Waals surface area contributed by atoms with Gasteiger partial charge in [-0.15, -0.1) is 5.10 Å². The van der Waals surface area contributed by atoms with E-state index < -0.39 is 5.54 Å². The fourth-order valence-corrected chi connectivity index (χ4v) is 2.90. The number of carbonyl (C=O) groups excluding carboxylic acids is 1. The quantitative estimate of drug-likeness (QED) is 0.567. The first-order chi connectivity index (χ1) is 9.60. The fourth-order valence-electron chi connectivity index (χ4n) is 1.79. The van der Waals surface area contributed by atoms with Crippen molar-refractivity contribution in [1.29, 1.82) is 0 Å². The second-order valence-electron chi connectivity index (χ2n) is 5.04. The molecule has 0 aromatic carbocycles. The van der Waals surface area contributed by atoms with E-state index in [1.165, 1.54) is 0 Å². The molecule has 0 bridgehead atoms. The van der Waals surface area contributed by atoms with Crippen molar-refractivity contribution in [2.75, 3.05) is 19.4 Å². The molecule has 1 fully saturated rings. The highest BCUT2D eigenvalue weighted by Crippen LogP contribution is 2.36. The average Bonchev–Trinajstić information content (AvgIpc) is 3.18. The van der Waals surface area contributed by atoms with E-state index in [9.17, 15) is 4.79 Å². The van der Waals surface area contributed by atoms with E-state index in [4.69, 9.17) is 4.74 Å². The predicted molar refractivity (Wildman–Crippen MR) is 75.5 cm³/mol. The maximum atomic E-state index is 11.9. The molecule has 1 aromatic rings. The Bertz CT molecular complexity index is 462. The van der Waals surface area contributed by atoms with Gasteiger partial charge < -0.3 is 10.1 Å². The molecule has 1 saturated carbocycles. The first kappa shape index (κ1) is 15.2. The Morgan fingerprint density at radius 3 is 2.95 bits per heavy atom. The van der Waals surface area contributed by atoms with E-state index in [2.05, 4.69) is 20.8 Å². The molecule has 1 aromatic heterocycles. The van der Waals surface area contributed by atoms with Gasteiger partial charge in [-0.2, -0.15) is 0 Å². The van der Waals surface area contributed by atoms with Crippen LogP contribution >= 0.6 is 11.8 Å². The topological polar surface area (TPSA) is 81.9 Å². The monoisotopic (exact) mass is 299 g/mol. The second-order valence-corrected chi connectivity index (χ2v) is 6.10. The van der Waals surface area contributed by atoms with Gasteiger partial charge in [-0.25, -0.2) is 4.68 Å². The Hall–Kier alpha value is -1.15. The highest BCUT2D eigenvalue weighted by atomic mass is 32.2. The van der Waals surface area contributed by atoms with Gasteiger partial charge >= 0.3 is 5.97 Å². The summed E-state index contributed by atoms with van der Waals surface area (Å²) in [6.07, 6.45) is 2.95. The minimum absolute atomic E-state index is 0.218. The highest BCUT2D eigenvalue weighted by Gasteiger charge is 2.33. The van der Waals surface area contributed by atoms with E-state index in [-0.39, 0.29) is 5.97 Å². The highest BCUT2D eigenvalue weighted by molar-refractivity contribution is 7.99. The maximum absolute atomic E-state index is 11.9. The van der Waals surface area contributed by atoms with E-state index in [1.807, 2.05) is 18.5 Å². The number of hydrogen-bond acceptors (Lipinski definition) is 7. The molecule has 0 amide bonds. The third kappa shape index (κ3) is 3.49. The van der Waals surface area contributed by atoms with E-state index in [1.54, 1.807) is 18.8 Å². The van der Waals surface area contributed by atoms with E-state index in [0.717, 1.165) is 23.8 Å². The average molecular weight is 299 g/mol. The lowest BCUT2D eigenvalue weighted by molar-refractivity contribution is -0.150. The number of rotatable bonds is 8. The van der Waals surface area contributed by atoms with Gasteiger partial charge in [0.2, 0.25) is 5.16 Å². The van der Waals surface area contributed by atoms with Crippen LogP contribution in [0.15, 0.2) is 5.16 Å². The maximum Gasteiger partial charge on any atom is 0.326 e. The van der Waals surface area contributed by atoms with E-state index >= 15 is 0 Å². The lowest BCUT2D eigenvalue weighted by atomic mass is 10.00. The zero-order valence-corrected chi connectivity index (χ0v) is 12.9. The molecular formula is C12H21N5O2S. The van der Waals surface area contributed by atoms with Crippen molar-refractivity contribution < 1.29 is 9.53 Å². The minimum atomic E-state index is -0.666. The van der Waals surface area contributed by atoms with Gasteiger partial charge in [0.05, 0.1) is 12.6 Å². The van der Waals surface area contributed by atoms with Gasteiger partial charge in [0.15, 0.2) is 0 Å². The van der Waals surface area contributed by atoms with Crippen LogP contribution in [-0.2, 0) is 9.53 Å². The first-order valence-corrected chi connectivity index (χ1v) is 7.86. The molecule has 112 valence electrons. The van der Waals surface area contributed by atoms with Gasteiger partial charge in [-0.05, 0) is 50.6 Å². The predicted octanol–water partition coefficient (Wildman–Crippen LogP) is 1.03. The molecule has 2 rings (SSSR count). The summed E-state index contributed by atoms with van der Waals surface area (Å²) >= 11 is 1.58. The van der Waals surface area contributed by atoms with Crippen LogP contribution in [0.25, 0.3) is 0 Å². The molecule has 1 N–H and O–H groups in total. The zero-order chi connectivity index (χ0) is 14.6. The summed E-state index contributed by atoms with van der Waals surface area (Å²) < 4.78 is 6.98. The van der Waals surface area contributed by atoms with Crippen LogP contribution in [0.3, 0.4) is 0 Å². The summed E-state index contributed by atoms with van der Waals surface area (Å²) in [5.41, 5.74) is -0.666. The number of nitrogens with zero attached hydrogens (tertiary/aromatic N) is 4. The third-order valence-electron chi connectivity index (χ3n) is 3.47. The molecule has 1 unspecified atom stereocenters. The number of nitrogens with one attached hydrogen (secondary N) is 1. The minimum Gasteiger partial charge on any atom is -0.465 e. The molecule has 0 spiro atoms. The zero-order valence-electron chi connectivity index (χ0n) is 12.1. The molecule has 1 heterocycles. The van der Waals surface area contributed by atoms with Crippen molar-refractivity contribution in [3.63, 3.8) is 0 Å². The van der Waals surface area contributed by atoms with Gasteiger partial charge in [0.1, 0.15) is 5.54 Å². The van der Waals surface area contributed by atoms with Crippen molar-refractivity contribution >= 4 is 17.7 Å². The number of thioether (sulfide) groups is 1. The summed E-state index contributed by atoms with van der Waals surface area (Å²) in [5.74, 6) is 0.536. The van der Waals surface area contributed by atoms with Gasteiger partial charge in [-0.1, -0.05) is 11.8 Å². The molecule has 0 saturated heterocycles. The smallest absolute Gasteiger partial charge is 0.326 e. The molecule has 0 aliphatic heterocycles. The van der Waals surface area contributed by atoms with Crippen LogP contribution in [0.5, 0.6) is 0 Å². The summed E-state index contributed by atoms with van der Waals surface area (Å²) in [6, 6.07) is 0.466. The van der Waals surface area contributed by atoms with Gasteiger partial charge in [0, 0.05) is 5.75 Å². The number of likely N-dealkylation sites (N-methyl/N-ethyl adjacent to an activating group) is 1. The number of esters is 1. The van der Waals surface area contributed by atoms with Crippen LogP contribution in [0.2, 0.25) is 0 Å². The molecule has 1 aliphatic rings. The SMILES string of the molecule is CCOC(=O)C(C)(CCSc1nnnn1C1CC1)NC. The normalized spacial score (nSPS) is 17.8. The Balaban J connectivity index is 1.87. The molecule has 1 aliphatic carbocycles. The van der Waals surface area contributed by atoms with Gasteiger partial charge in [0.25, 0.3) is 0 Å². The van der Waals surface area contributed by atoms with Gasteiger partial charge in [-0.3, -0.25) is 4.79 Å². The molecular weight excluding hydrogens is 278 g/mol. The van der Waals surface area contributed by atoms with Crippen LogP contribution < -0.4 is 5.32 Å². The Kier molecular flexibility index (Phi) is 4.98. The molecule has 8 heteroatoms.